The third-order valence-corrected chi connectivity index (χ3v) is 3.94. The summed E-state index contributed by atoms with van der Waals surface area (Å²) in [7, 11) is 0. The molecular weight excluding hydrogens is 274 g/mol. The van der Waals surface area contributed by atoms with Crippen molar-refractivity contribution in [3.05, 3.63) is 35.4 Å². The fourth-order valence-corrected chi connectivity index (χ4v) is 2.79. The van der Waals surface area contributed by atoms with Gasteiger partial charge in [0.1, 0.15) is 11.6 Å². The Balaban J connectivity index is 1.84. The molecule has 1 saturated heterocycles. The van der Waals surface area contributed by atoms with Gasteiger partial charge in [-0.2, -0.15) is 0 Å². The standard InChI is InChI=1S/C16H22F2N2O/c1-11(16-13(17)6-4-7-14(16)18)20-15(21)9-8-12-5-2-3-10-19-12/h4,6-7,11-12,19H,2-3,5,8-10H2,1H3,(H,20,21). The first-order chi connectivity index (χ1) is 10.1. The normalized spacial score (nSPS) is 20.0. The third-order valence-electron chi connectivity index (χ3n) is 3.94. The fourth-order valence-electron chi connectivity index (χ4n) is 2.79. The van der Waals surface area contributed by atoms with Crippen molar-refractivity contribution in [2.45, 2.75) is 51.1 Å². The van der Waals surface area contributed by atoms with Gasteiger partial charge in [0.15, 0.2) is 0 Å². The van der Waals surface area contributed by atoms with Crippen molar-refractivity contribution in [3.63, 3.8) is 0 Å². The van der Waals surface area contributed by atoms with E-state index in [1.165, 1.54) is 31.0 Å². The molecule has 0 bridgehead atoms. The van der Waals surface area contributed by atoms with Gasteiger partial charge in [-0.15, -0.1) is 0 Å². The first kappa shape index (κ1) is 15.9. The number of benzene rings is 1. The largest absolute Gasteiger partial charge is 0.349 e. The van der Waals surface area contributed by atoms with Crippen molar-refractivity contribution < 1.29 is 13.6 Å². The molecule has 0 aromatic heterocycles. The summed E-state index contributed by atoms with van der Waals surface area (Å²) in [5, 5.41) is 6.05. The molecule has 2 unspecified atom stereocenters. The highest BCUT2D eigenvalue weighted by Gasteiger charge is 2.19. The van der Waals surface area contributed by atoms with Gasteiger partial charge in [0.25, 0.3) is 0 Å². The molecule has 1 aliphatic rings. The highest BCUT2D eigenvalue weighted by atomic mass is 19.1. The van der Waals surface area contributed by atoms with Crippen LogP contribution >= 0.6 is 0 Å². The smallest absolute Gasteiger partial charge is 0.220 e. The Hall–Kier alpha value is -1.49. The van der Waals surface area contributed by atoms with Crippen LogP contribution < -0.4 is 10.6 Å². The van der Waals surface area contributed by atoms with Crippen LogP contribution in [0.25, 0.3) is 0 Å². The molecule has 1 aromatic rings. The van der Waals surface area contributed by atoms with E-state index < -0.39 is 17.7 Å². The predicted octanol–water partition coefficient (Wildman–Crippen LogP) is 3.06. The maximum absolute atomic E-state index is 13.6. The SMILES string of the molecule is CC(NC(=O)CCC1CCCCN1)c1c(F)cccc1F. The van der Waals surface area contributed by atoms with Crippen LogP contribution in [0.15, 0.2) is 18.2 Å². The van der Waals surface area contributed by atoms with E-state index in [2.05, 4.69) is 10.6 Å². The predicted molar refractivity (Wildman–Crippen MR) is 77.8 cm³/mol. The molecule has 1 amide bonds. The van der Waals surface area contributed by atoms with Crippen LogP contribution in [0.4, 0.5) is 8.78 Å². The number of hydrogen-bond donors (Lipinski definition) is 2. The lowest BCUT2D eigenvalue weighted by Gasteiger charge is -2.23. The number of nitrogens with one attached hydrogen (secondary N) is 2. The molecular formula is C16H22F2N2O. The van der Waals surface area contributed by atoms with Crippen molar-refractivity contribution in [2.24, 2.45) is 0 Å². The zero-order valence-electron chi connectivity index (χ0n) is 12.3. The van der Waals surface area contributed by atoms with Crippen LogP contribution in [-0.4, -0.2) is 18.5 Å². The number of halogens is 2. The molecule has 3 nitrogen and oxygen atoms in total. The minimum absolute atomic E-state index is 0.0818. The Bertz CT molecular complexity index is 467. The van der Waals surface area contributed by atoms with E-state index in [9.17, 15) is 13.6 Å². The Morgan fingerprint density at radius 3 is 2.71 bits per heavy atom. The minimum Gasteiger partial charge on any atom is -0.349 e. The van der Waals surface area contributed by atoms with Gasteiger partial charge in [-0.1, -0.05) is 12.5 Å². The summed E-state index contributed by atoms with van der Waals surface area (Å²) in [6.07, 6.45) is 4.60. The van der Waals surface area contributed by atoms with Crippen LogP contribution in [0.5, 0.6) is 0 Å². The molecule has 1 fully saturated rings. The topological polar surface area (TPSA) is 41.1 Å². The molecule has 2 rings (SSSR count). The van der Waals surface area contributed by atoms with Crippen LogP contribution in [0.1, 0.15) is 50.6 Å². The Morgan fingerprint density at radius 1 is 1.38 bits per heavy atom. The molecule has 116 valence electrons. The number of carbonyl (C=O) groups is 1. The maximum Gasteiger partial charge on any atom is 0.220 e. The highest BCUT2D eigenvalue weighted by molar-refractivity contribution is 5.76. The monoisotopic (exact) mass is 296 g/mol. The Labute approximate surface area is 124 Å². The van der Waals surface area contributed by atoms with Gasteiger partial charge >= 0.3 is 0 Å². The van der Waals surface area contributed by atoms with Crippen molar-refractivity contribution in [2.75, 3.05) is 6.54 Å². The zero-order valence-corrected chi connectivity index (χ0v) is 12.3. The lowest BCUT2D eigenvalue weighted by Crippen LogP contribution is -2.35. The van der Waals surface area contributed by atoms with Crippen molar-refractivity contribution in [1.29, 1.82) is 0 Å². The molecule has 0 saturated carbocycles. The summed E-state index contributed by atoms with van der Waals surface area (Å²) in [4.78, 5) is 11.9. The van der Waals surface area contributed by atoms with Gasteiger partial charge in [-0.25, -0.2) is 8.78 Å². The van der Waals surface area contributed by atoms with E-state index in [1.54, 1.807) is 6.92 Å². The van der Waals surface area contributed by atoms with E-state index >= 15 is 0 Å². The second-order valence-electron chi connectivity index (χ2n) is 5.61. The van der Waals surface area contributed by atoms with Gasteiger partial charge < -0.3 is 10.6 Å². The third kappa shape index (κ3) is 4.49. The van der Waals surface area contributed by atoms with Crippen LogP contribution in [-0.2, 0) is 4.79 Å². The van der Waals surface area contributed by atoms with Gasteiger partial charge in [0.05, 0.1) is 6.04 Å². The van der Waals surface area contributed by atoms with Gasteiger partial charge in [0, 0.05) is 18.0 Å². The fraction of sp³-hybridized carbons (Fsp3) is 0.562. The first-order valence-corrected chi connectivity index (χ1v) is 7.54. The average Bonchev–Trinajstić information content (AvgIpc) is 2.46. The van der Waals surface area contributed by atoms with Gasteiger partial charge in [-0.05, 0) is 44.9 Å². The minimum atomic E-state index is -0.669. The summed E-state index contributed by atoms with van der Waals surface area (Å²) in [6, 6.07) is 3.43. The van der Waals surface area contributed by atoms with Gasteiger partial charge in [-0.3, -0.25) is 4.79 Å². The van der Waals surface area contributed by atoms with Crippen LogP contribution in [0.3, 0.4) is 0 Å². The molecule has 0 aliphatic carbocycles. The van der Waals surface area contributed by atoms with E-state index in [0.29, 0.717) is 12.5 Å². The number of piperidine rings is 1. The molecule has 1 aliphatic heterocycles. The number of amides is 1. The molecule has 0 radical (unpaired) electrons. The molecule has 1 heterocycles. The van der Waals surface area contributed by atoms with E-state index in [-0.39, 0.29) is 11.5 Å². The molecule has 5 heteroatoms. The number of carbonyl (C=O) groups excluding carboxylic acids is 1. The zero-order chi connectivity index (χ0) is 15.2. The lowest BCUT2D eigenvalue weighted by atomic mass is 10.00. The Morgan fingerprint density at radius 2 is 2.10 bits per heavy atom. The van der Waals surface area contributed by atoms with E-state index in [4.69, 9.17) is 0 Å². The van der Waals surface area contributed by atoms with Crippen molar-refractivity contribution >= 4 is 5.91 Å². The van der Waals surface area contributed by atoms with Crippen molar-refractivity contribution in [1.82, 2.24) is 10.6 Å². The van der Waals surface area contributed by atoms with Gasteiger partial charge in [0.2, 0.25) is 5.91 Å². The second kappa shape index (κ2) is 7.50. The van der Waals surface area contributed by atoms with Crippen molar-refractivity contribution in [3.8, 4) is 0 Å². The van der Waals surface area contributed by atoms with Crippen LogP contribution in [0.2, 0.25) is 0 Å². The average molecular weight is 296 g/mol. The number of rotatable bonds is 5. The maximum atomic E-state index is 13.6. The summed E-state index contributed by atoms with van der Waals surface area (Å²) in [5.74, 6) is -1.42. The summed E-state index contributed by atoms with van der Waals surface area (Å²) >= 11 is 0. The summed E-state index contributed by atoms with van der Waals surface area (Å²) in [6.45, 7) is 2.60. The molecule has 2 atom stereocenters. The quantitative estimate of drug-likeness (QED) is 0.877. The first-order valence-electron chi connectivity index (χ1n) is 7.54. The summed E-state index contributed by atoms with van der Waals surface area (Å²) < 4.78 is 27.3. The molecule has 1 aromatic carbocycles. The van der Waals surface area contributed by atoms with E-state index in [1.807, 2.05) is 0 Å². The Kier molecular flexibility index (Phi) is 5.67. The summed E-state index contributed by atoms with van der Waals surface area (Å²) in [5.41, 5.74) is -0.0818. The van der Waals surface area contributed by atoms with Crippen LogP contribution in [0, 0.1) is 11.6 Å². The lowest BCUT2D eigenvalue weighted by molar-refractivity contribution is -0.122. The molecule has 21 heavy (non-hydrogen) atoms. The molecule has 0 spiro atoms. The highest BCUT2D eigenvalue weighted by Crippen LogP contribution is 2.20. The number of hydrogen-bond acceptors (Lipinski definition) is 2. The van der Waals surface area contributed by atoms with E-state index in [0.717, 1.165) is 19.4 Å². The second-order valence-corrected chi connectivity index (χ2v) is 5.61. The molecule has 2 N–H and O–H groups in total.